The van der Waals surface area contributed by atoms with E-state index in [0.29, 0.717) is 11.7 Å². The third kappa shape index (κ3) is 3.86. The van der Waals surface area contributed by atoms with Gasteiger partial charge in [0.15, 0.2) is 0 Å². The van der Waals surface area contributed by atoms with E-state index in [1.165, 1.54) is 6.07 Å². The smallest absolute Gasteiger partial charge is 0.252 e. The largest absolute Gasteiger partial charge is 0.369 e. The fraction of sp³-hybridized carbons (Fsp3) is 0.714. The zero-order valence-electron chi connectivity index (χ0n) is 12.3. The predicted molar refractivity (Wildman–Crippen MR) is 76.1 cm³/mol. The number of aromatic nitrogens is 2. The number of hydrogen-bond donors (Lipinski definition) is 2. The molecular weight excluding hydrogens is 226 g/mol. The second-order valence-electron chi connectivity index (χ2n) is 6.17. The van der Waals surface area contributed by atoms with Gasteiger partial charge in [0.05, 0.1) is 0 Å². The Hall–Kier alpha value is -1.32. The summed E-state index contributed by atoms with van der Waals surface area (Å²) >= 11 is 0. The third-order valence-electron chi connectivity index (χ3n) is 3.59. The van der Waals surface area contributed by atoms with Crippen molar-refractivity contribution < 1.29 is 0 Å². The fourth-order valence-electron chi connectivity index (χ4n) is 1.36. The summed E-state index contributed by atoms with van der Waals surface area (Å²) in [7, 11) is 0. The summed E-state index contributed by atoms with van der Waals surface area (Å²) in [5.74, 6) is 2.18. The lowest BCUT2D eigenvalue weighted by Gasteiger charge is -2.29. The zero-order chi connectivity index (χ0) is 13.9. The van der Waals surface area contributed by atoms with E-state index in [-0.39, 0.29) is 16.9 Å². The van der Waals surface area contributed by atoms with Crippen LogP contribution in [-0.2, 0) is 0 Å². The standard InChI is InChI=1S/C14H25N3O/c1-9(2)13-16-11(7-12(18)17-13)15-8-14(5,6)10(3)4/h7,9-10H,8H2,1-6H3,(H2,15,16,17,18). The molecule has 0 aliphatic heterocycles. The predicted octanol–water partition coefficient (Wildman–Crippen LogP) is 2.99. The van der Waals surface area contributed by atoms with E-state index in [0.717, 1.165) is 12.4 Å². The molecule has 0 unspecified atom stereocenters. The molecule has 0 spiro atoms. The Bertz CT molecular complexity index is 447. The van der Waals surface area contributed by atoms with Gasteiger partial charge in [-0.15, -0.1) is 0 Å². The Morgan fingerprint density at radius 2 is 1.94 bits per heavy atom. The molecule has 0 saturated heterocycles. The van der Waals surface area contributed by atoms with Crippen molar-refractivity contribution >= 4 is 5.82 Å². The van der Waals surface area contributed by atoms with Crippen LogP contribution in [0.5, 0.6) is 0 Å². The van der Waals surface area contributed by atoms with Gasteiger partial charge in [-0.25, -0.2) is 4.98 Å². The third-order valence-corrected chi connectivity index (χ3v) is 3.59. The van der Waals surface area contributed by atoms with Crippen LogP contribution in [-0.4, -0.2) is 16.5 Å². The minimum Gasteiger partial charge on any atom is -0.369 e. The van der Waals surface area contributed by atoms with Crippen molar-refractivity contribution in [3.8, 4) is 0 Å². The Morgan fingerprint density at radius 1 is 1.33 bits per heavy atom. The van der Waals surface area contributed by atoms with Crippen LogP contribution in [0.1, 0.15) is 53.3 Å². The molecule has 1 aromatic rings. The molecule has 18 heavy (non-hydrogen) atoms. The van der Waals surface area contributed by atoms with Crippen molar-refractivity contribution in [1.82, 2.24) is 9.97 Å². The first-order valence-corrected chi connectivity index (χ1v) is 6.57. The summed E-state index contributed by atoms with van der Waals surface area (Å²) in [5, 5.41) is 3.27. The molecule has 0 amide bonds. The van der Waals surface area contributed by atoms with Gasteiger partial charge in [0.2, 0.25) is 0 Å². The Labute approximate surface area is 109 Å². The molecule has 4 heteroatoms. The Morgan fingerprint density at radius 3 is 2.44 bits per heavy atom. The van der Waals surface area contributed by atoms with E-state index in [2.05, 4.69) is 43.0 Å². The lowest BCUT2D eigenvalue weighted by molar-refractivity contribution is 0.269. The lowest BCUT2D eigenvalue weighted by atomic mass is 9.81. The highest BCUT2D eigenvalue weighted by Crippen LogP contribution is 2.25. The van der Waals surface area contributed by atoms with E-state index in [1.807, 2.05) is 13.8 Å². The van der Waals surface area contributed by atoms with Crippen LogP contribution in [0.2, 0.25) is 0 Å². The Balaban J connectivity index is 2.83. The van der Waals surface area contributed by atoms with E-state index in [9.17, 15) is 4.79 Å². The first-order chi connectivity index (χ1) is 8.22. The van der Waals surface area contributed by atoms with Gasteiger partial charge < -0.3 is 10.3 Å². The number of anilines is 1. The van der Waals surface area contributed by atoms with Gasteiger partial charge in [-0.1, -0.05) is 41.5 Å². The maximum atomic E-state index is 11.5. The second kappa shape index (κ2) is 5.55. The second-order valence-corrected chi connectivity index (χ2v) is 6.17. The average molecular weight is 251 g/mol. The van der Waals surface area contributed by atoms with Crippen LogP contribution in [0.3, 0.4) is 0 Å². The molecular formula is C14H25N3O. The molecule has 2 N–H and O–H groups in total. The number of rotatable bonds is 5. The molecule has 1 aromatic heterocycles. The minimum atomic E-state index is -0.0986. The summed E-state index contributed by atoms with van der Waals surface area (Å²) in [6.45, 7) is 13.7. The highest BCUT2D eigenvalue weighted by molar-refractivity contribution is 5.33. The van der Waals surface area contributed by atoms with E-state index >= 15 is 0 Å². The highest BCUT2D eigenvalue weighted by Gasteiger charge is 2.22. The molecule has 0 aromatic carbocycles. The number of aromatic amines is 1. The molecule has 0 bridgehead atoms. The number of nitrogens with zero attached hydrogens (tertiary/aromatic N) is 1. The van der Waals surface area contributed by atoms with Crippen LogP contribution < -0.4 is 10.9 Å². The first kappa shape index (κ1) is 14.7. The average Bonchev–Trinajstić information content (AvgIpc) is 2.25. The van der Waals surface area contributed by atoms with Crippen molar-refractivity contribution in [2.24, 2.45) is 11.3 Å². The van der Waals surface area contributed by atoms with Gasteiger partial charge in [0, 0.05) is 18.5 Å². The summed E-state index contributed by atoms with van der Waals surface area (Å²) in [4.78, 5) is 18.7. The molecule has 4 nitrogen and oxygen atoms in total. The van der Waals surface area contributed by atoms with E-state index in [1.54, 1.807) is 0 Å². The zero-order valence-corrected chi connectivity index (χ0v) is 12.3. The first-order valence-electron chi connectivity index (χ1n) is 6.57. The van der Waals surface area contributed by atoms with Gasteiger partial charge in [0.1, 0.15) is 11.6 Å². The normalized spacial score (nSPS) is 12.2. The highest BCUT2D eigenvalue weighted by atomic mass is 16.1. The van der Waals surface area contributed by atoms with Crippen molar-refractivity contribution in [2.75, 3.05) is 11.9 Å². The maximum absolute atomic E-state index is 11.5. The molecule has 1 heterocycles. The molecule has 0 radical (unpaired) electrons. The number of hydrogen-bond acceptors (Lipinski definition) is 3. The number of H-pyrrole nitrogens is 1. The van der Waals surface area contributed by atoms with Crippen molar-refractivity contribution in [3.05, 3.63) is 22.2 Å². The van der Waals surface area contributed by atoms with Crippen LogP contribution in [0.25, 0.3) is 0 Å². The molecule has 0 saturated carbocycles. The van der Waals surface area contributed by atoms with E-state index in [4.69, 9.17) is 0 Å². The lowest BCUT2D eigenvalue weighted by Crippen LogP contribution is -2.29. The monoisotopic (exact) mass is 251 g/mol. The fourth-order valence-corrected chi connectivity index (χ4v) is 1.36. The van der Waals surface area contributed by atoms with Gasteiger partial charge in [-0.05, 0) is 11.3 Å². The van der Waals surface area contributed by atoms with Gasteiger partial charge in [-0.2, -0.15) is 0 Å². The van der Waals surface area contributed by atoms with Crippen LogP contribution >= 0.6 is 0 Å². The quantitative estimate of drug-likeness (QED) is 0.845. The van der Waals surface area contributed by atoms with Gasteiger partial charge in [0.25, 0.3) is 5.56 Å². The maximum Gasteiger partial charge on any atom is 0.252 e. The molecule has 0 fully saturated rings. The SMILES string of the molecule is CC(C)c1nc(NCC(C)(C)C(C)C)cc(=O)[nH]1. The van der Waals surface area contributed by atoms with E-state index < -0.39 is 0 Å². The van der Waals surface area contributed by atoms with Crippen molar-refractivity contribution in [1.29, 1.82) is 0 Å². The Kier molecular flexibility index (Phi) is 4.54. The van der Waals surface area contributed by atoms with Crippen LogP contribution in [0, 0.1) is 11.3 Å². The van der Waals surface area contributed by atoms with Crippen molar-refractivity contribution in [2.45, 2.75) is 47.5 Å². The molecule has 0 aliphatic rings. The summed E-state index contributed by atoms with van der Waals surface area (Å²) in [6, 6.07) is 1.52. The minimum absolute atomic E-state index is 0.0986. The van der Waals surface area contributed by atoms with Crippen LogP contribution in [0.4, 0.5) is 5.82 Å². The number of nitrogens with one attached hydrogen (secondary N) is 2. The van der Waals surface area contributed by atoms with Crippen LogP contribution in [0.15, 0.2) is 10.9 Å². The van der Waals surface area contributed by atoms with Crippen molar-refractivity contribution in [3.63, 3.8) is 0 Å². The van der Waals surface area contributed by atoms with Gasteiger partial charge in [-0.3, -0.25) is 4.79 Å². The summed E-state index contributed by atoms with van der Waals surface area (Å²) < 4.78 is 0. The molecule has 102 valence electrons. The topological polar surface area (TPSA) is 57.8 Å². The summed E-state index contributed by atoms with van der Waals surface area (Å²) in [5.41, 5.74) is 0.0704. The summed E-state index contributed by atoms with van der Waals surface area (Å²) in [6.07, 6.45) is 0. The van der Waals surface area contributed by atoms with Gasteiger partial charge >= 0.3 is 0 Å². The molecule has 0 atom stereocenters. The molecule has 0 aliphatic carbocycles. The molecule has 1 rings (SSSR count).